The quantitative estimate of drug-likeness (QED) is 0.745. The lowest BCUT2D eigenvalue weighted by Gasteiger charge is -2.04. The molecule has 0 saturated carbocycles. The molecule has 18 heavy (non-hydrogen) atoms. The number of nitrogens with two attached hydrogens (primary N) is 1. The molecule has 0 fully saturated rings. The van der Waals surface area contributed by atoms with Crippen molar-refractivity contribution in [1.82, 2.24) is 5.16 Å². The summed E-state index contributed by atoms with van der Waals surface area (Å²) >= 11 is 0. The zero-order valence-electron chi connectivity index (χ0n) is 10.2. The van der Waals surface area contributed by atoms with Crippen LogP contribution in [0.3, 0.4) is 0 Å². The van der Waals surface area contributed by atoms with E-state index in [0.717, 1.165) is 27.8 Å². The first-order valence-corrected chi connectivity index (χ1v) is 5.94. The van der Waals surface area contributed by atoms with Gasteiger partial charge < -0.3 is 10.3 Å². The van der Waals surface area contributed by atoms with Crippen molar-refractivity contribution in [2.24, 2.45) is 5.73 Å². The highest BCUT2D eigenvalue weighted by molar-refractivity contribution is 5.92. The van der Waals surface area contributed by atoms with Gasteiger partial charge in [0, 0.05) is 17.5 Å². The SMILES string of the molecule is Cc1ccc2noc(-c3ccccc3CN)c2c1. The van der Waals surface area contributed by atoms with Crippen molar-refractivity contribution in [1.29, 1.82) is 0 Å². The molecule has 0 radical (unpaired) electrons. The van der Waals surface area contributed by atoms with Crippen LogP contribution in [0.5, 0.6) is 0 Å². The smallest absolute Gasteiger partial charge is 0.175 e. The van der Waals surface area contributed by atoms with Crippen LogP contribution in [0.2, 0.25) is 0 Å². The molecule has 0 amide bonds. The van der Waals surface area contributed by atoms with Crippen LogP contribution >= 0.6 is 0 Å². The number of fused-ring (bicyclic) bond motifs is 1. The van der Waals surface area contributed by atoms with Gasteiger partial charge in [0.05, 0.1) is 0 Å². The Labute approximate surface area is 105 Å². The van der Waals surface area contributed by atoms with E-state index in [4.69, 9.17) is 10.3 Å². The summed E-state index contributed by atoms with van der Waals surface area (Å²) in [6, 6.07) is 14.1. The molecule has 2 aromatic carbocycles. The average molecular weight is 238 g/mol. The maximum absolute atomic E-state index is 5.77. The molecular formula is C15H14N2O. The van der Waals surface area contributed by atoms with Gasteiger partial charge in [-0.25, -0.2) is 0 Å². The molecule has 1 aromatic heterocycles. The Bertz CT molecular complexity index is 701. The van der Waals surface area contributed by atoms with Gasteiger partial charge in [-0.1, -0.05) is 41.1 Å². The number of hydrogen-bond donors (Lipinski definition) is 1. The summed E-state index contributed by atoms with van der Waals surface area (Å²) in [6.45, 7) is 2.55. The van der Waals surface area contributed by atoms with Gasteiger partial charge in [0.1, 0.15) is 5.52 Å². The highest BCUT2D eigenvalue weighted by atomic mass is 16.5. The Balaban J connectivity index is 2.28. The number of aryl methyl sites for hydroxylation is 1. The van der Waals surface area contributed by atoms with E-state index in [1.54, 1.807) is 0 Å². The fourth-order valence-corrected chi connectivity index (χ4v) is 2.17. The summed E-state index contributed by atoms with van der Waals surface area (Å²) in [4.78, 5) is 0. The third-order valence-corrected chi connectivity index (χ3v) is 3.11. The summed E-state index contributed by atoms with van der Waals surface area (Å²) in [6.07, 6.45) is 0. The fourth-order valence-electron chi connectivity index (χ4n) is 2.17. The Hall–Kier alpha value is -2.13. The van der Waals surface area contributed by atoms with Crippen molar-refractivity contribution < 1.29 is 4.52 Å². The minimum atomic E-state index is 0.490. The molecular weight excluding hydrogens is 224 g/mol. The highest BCUT2D eigenvalue weighted by Gasteiger charge is 2.13. The van der Waals surface area contributed by atoms with Crippen molar-refractivity contribution in [2.45, 2.75) is 13.5 Å². The number of nitrogens with zero attached hydrogens (tertiary/aromatic N) is 1. The third kappa shape index (κ3) is 1.69. The van der Waals surface area contributed by atoms with E-state index >= 15 is 0 Å². The lowest BCUT2D eigenvalue weighted by atomic mass is 10.0. The summed E-state index contributed by atoms with van der Waals surface area (Å²) in [7, 11) is 0. The molecule has 0 unspecified atom stereocenters. The van der Waals surface area contributed by atoms with Gasteiger partial charge in [-0.3, -0.25) is 0 Å². The Morgan fingerprint density at radius 1 is 1.17 bits per heavy atom. The molecule has 0 spiro atoms. The Morgan fingerprint density at radius 2 is 2.00 bits per heavy atom. The molecule has 2 N–H and O–H groups in total. The van der Waals surface area contributed by atoms with Gasteiger partial charge in [0.15, 0.2) is 5.76 Å². The lowest BCUT2D eigenvalue weighted by Crippen LogP contribution is -1.98. The zero-order chi connectivity index (χ0) is 12.5. The Morgan fingerprint density at radius 3 is 2.83 bits per heavy atom. The first kappa shape index (κ1) is 11.0. The van der Waals surface area contributed by atoms with Gasteiger partial charge in [0.2, 0.25) is 0 Å². The third-order valence-electron chi connectivity index (χ3n) is 3.11. The molecule has 3 nitrogen and oxygen atoms in total. The van der Waals surface area contributed by atoms with Crippen LogP contribution in [0.4, 0.5) is 0 Å². The van der Waals surface area contributed by atoms with E-state index < -0.39 is 0 Å². The number of benzene rings is 2. The predicted molar refractivity (Wildman–Crippen MR) is 72.1 cm³/mol. The van der Waals surface area contributed by atoms with Gasteiger partial charge >= 0.3 is 0 Å². The van der Waals surface area contributed by atoms with Gasteiger partial charge in [-0.05, 0) is 24.6 Å². The summed E-state index contributed by atoms with van der Waals surface area (Å²) in [5, 5.41) is 5.13. The van der Waals surface area contributed by atoms with Crippen LogP contribution in [0.1, 0.15) is 11.1 Å². The van der Waals surface area contributed by atoms with Crippen molar-refractivity contribution >= 4 is 10.9 Å². The Kier molecular flexibility index (Phi) is 2.61. The standard InChI is InChI=1S/C15H14N2O/c1-10-6-7-14-13(8-10)15(18-17-14)12-5-3-2-4-11(12)9-16/h2-8H,9,16H2,1H3. The van der Waals surface area contributed by atoms with E-state index in [1.165, 1.54) is 5.56 Å². The number of hydrogen-bond acceptors (Lipinski definition) is 3. The minimum absolute atomic E-state index is 0.490. The van der Waals surface area contributed by atoms with Crippen LogP contribution in [0, 0.1) is 6.92 Å². The first-order chi connectivity index (χ1) is 8.79. The monoisotopic (exact) mass is 238 g/mol. The average Bonchev–Trinajstić information content (AvgIpc) is 2.81. The molecule has 1 heterocycles. The second-order valence-corrected chi connectivity index (χ2v) is 4.39. The molecule has 3 aromatic rings. The molecule has 3 heteroatoms. The lowest BCUT2D eigenvalue weighted by molar-refractivity contribution is 0.440. The van der Waals surface area contributed by atoms with Crippen LogP contribution in [-0.4, -0.2) is 5.16 Å². The minimum Gasteiger partial charge on any atom is -0.355 e. The van der Waals surface area contributed by atoms with Gasteiger partial charge in [0.25, 0.3) is 0 Å². The number of rotatable bonds is 2. The molecule has 0 aliphatic carbocycles. The van der Waals surface area contributed by atoms with Crippen LogP contribution < -0.4 is 5.73 Å². The van der Waals surface area contributed by atoms with E-state index in [0.29, 0.717) is 6.54 Å². The van der Waals surface area contributed by atoms with Crippen molar-refractivity contribution in [3.8, 4) is 11.3 Å². The van der Waals surface area contributed by atoms with E-state index in [2.05, 4.69) is 18.1 Å². The van der Waals surface area contributed by atoms with Crippen molar-refractivity contribution in [3.05, 3.63) is 53.6 Å². The molecule has 0 aliphatic heterocycles. The van der Waals surface area contributed by atoms with E-state index in [-0.39, 0.29) is 0 Å². The fraction of sp³-hybridized carbons (Fsp3) is 0.133. The van der Waals surface area contributed by atoms with Crippen LogP contribution in [0.15, 0.2) is 47.0 Å². The summed E-state index contributed by atoms with van der Waals surface area (Å²) < 4.78 is 5.49. The molecule has 0 saturated heterocycles. The maximum Gasteiger partial charge on any atom is 0.175 e. The second-order valence-electron chi connectivity index (χ2n) is 4.39. The van der Waals surface area contributed by atoms with Crippen LogP contribution in [0.25, 0.3) is 22.2 Å². The van der Waals surface area contributed by atoms with Crippen molar-refractivity contribution in [2.75, 3.05) is 0 Å². The van der Waals surface area contributed by atoms with Crippen LogP contribution in [-0.2, 0) is 6.54 Å². The molecule has 0 bridgehead atoms. The van der Waals surface area contributed by atoms with Crippen molar-refractivity contribution in [3.63, 3.8) is 0 Å². The maximum atomic E-state index is 5.77. The molecule has 0 aliphatic rings. The summed E-state index contributed by atoms with van der Waals surface area (Å²) in [5.74, 6) is 0.801. The van der Waals surface area contributed by atoms with Gasteiger partial charge in [-0.15, -0.1) is 0 Å². The largest absolute Gasteiger partial charge is 0.355 e. The molecule has 3 rings (SSSR count). The molecule has 0 atom stereocenters. The topological polar surface area (TPSA) is 52.0 Å². The zero-order valence-corrected chi connectivity index (χ0v) is 10.2. The molecule has 90 valence electrons. The predicted octanol–water partition coefficient (Wildman–Crippen LogP) is 3.26. The number of aromatic nitrogens is 1. The van der Waals surface area contributed by atoms with Gasteiger partial charge in [-0.2, -0.15) is 0 Å². The van der Waals surface area contributed by atoms with E-state index in [1.807, 2.05) is 36.4 Å². The van der Waals surface area contributed by atoms with E-state index in [9.17, 15) is 0 Å². The summed E-state index contributed by atoms with van der Waals surface area (Å²) in [5.41, 5.74) is 9.93. The second kappa shape index (κ2) is 4.27. The normalized spacial score (nSPS) is 11.0. The first-order valence-electron chi connectivity index (χ1n) is 5.94. The highest BCUT2D eigenvalue weighted by Crippen LogP contribution is 2.31.